The fourth-order valence-corrected chi connectivity index (χ4v) is 3.18. The van der Waals surface area contributed by atoms with Crippen molar-refractivity contribution < 1.29 is 13.2 Å². The Morgan fingerprint density at radius 1 is 1.27 bits per heavy atom. The first-order valence-electron chi connectivity index (χ1n) is 7.92. The van der Waals surface area contributed by atoms with Crippen LogP contribution < -0.4 is 11.4 Å². The first-order valence-corrected chi connectivity index (χ1v) is 7.92. The van der Waals surface area contributed by atoms with Crippen LogP contribution in [-0.2, 0) is 12.7 Å². The number of allylic oxidation sites excluding steroid dienone is 2. The van der Waals surface area contributed by atoms with E-state index in [1.807, 2.05) is 6.08 Å². The third-order valence-corrected chi connectivity index (χ3v) is 4.37. The first kappa shape index (κ1) is 16.4. The molecule has 4 rings (SSSR count). The van der Waals surface area contributed by atoms with Crippen molar-refractivity contribution in [3.05, 3.63) is 69.9 Å². The van der Waals surface area contributed by atoms with E-state index in [1.54, 1.807) is 12.2 Å². The Kier molecular flexibility index (Phi) is 3.60. The number of hydrogen-bond donors (Lipinski definition) is 1. The summed E-state index contributed by atoms with van der Waals surface area (Å²) < 4.78 is 41.9. The topological polar surface area (TPSA) is 78.2 Å². The summed E-state index contributed by atoms with van der Waals surface area (Å²) in [6.45, 7) is -0.310. The zero-order valence-corrected chi connectivity index (χ0v) is 13.4. The molecule has 26 heavy (non-hydrogen) atoms. The van der Waals surface area contributed by atoms with Crippen LogP contribution in [0.3, 0.4) is 0 Å². The van der Waals surface area contributed by atoms with Gasteiger partial charge in [0.1, 0.15) is 0 Å². The van der Waals surface area contributed by atoms with Crippen molar-refractivity contribution in [2.45, 2.75) is 25.2 Å². The summed E-state index contributed by atoms with van der Waals surface area (Å²) in [5, 5.41) is 4.12. The van der Waals surface area contributed by atoms with Crippen LogP contribution in [0.25, 0.3) is 5.70 Å². The maximum Gasteiger partial charge on any atom is 0.416 e. The second-order valence-corrected chi connectivity index (χ2v) is 6.04. The molecule has 134 valence electrons. The van der Waals surface area contributed by atoms with E-state index in [1.165, 1.54) is 22.8 Å². The highest BCUT2D eigenvalue weighted by molar-refractivity contribution is 5.97. The number of amidine groups is 1. The molecule has 0 amide bonds. The Labute approximate surface area is 145 Å². The molecule has 2 aliphatic rings. The quantitative estimate of drug-likeness (QED) is 0.889. The highest BCUT2D eigenvalue weighted by Crippen LogP contribution is 2.32. The lowest BCUT2D eigenvalue weighted by Crippen LogP contribution is -2.35. The van der Waals surface area contributed by atoms with Crippen molar-refractivity contribution in [3.8, 4) is 0 Å². The standard InChI is InChI=1S/C17H14F3N5O/c18-17(19,20)11-6-2-1-5-10(11)9-24-16(26)25-13-8-4-3-7-12(13)22-14(21)15(25)23-24/h1-6,8,12H,7,9H2,(H2,21,22). The van der Waals surface area contributed by atoms with Gasteiger partial charge in [-0.1, -0.05) is 30.4 Å². The Morgan fingerprint density at radius 3 is 2.81 bits per heavy atom. The summed E-state index contributed by atoms with van der Waals surface area (Å²) in [7, 11) is 0. The number of halogens is 3. The number of rotatable bonds is 2. The number of aromatic nitrogens is 3. The summed E-state index contributed by atoms with van der Waals surface area (Å²) >= 11 is 0. The molecule has 0 bridgehead atoms. The number of benzene rings is 1. The van der Waals surface area contributed by atoms with Gasteiger partial charge < -0.3 is 5.73 Å². The van der Waals surface area contributed by atoms with Crippen molar-refractivity contribution in [3.63, 3.8) is 0 Å². The van der Waals surface area contributed by atoms with Crippen LogP contribution in [0.2, 0.25) is 0 Å². The third-order valence-electron chi connectivity index (χ3n) is 4.37. The maximum atomic E-state index is 13.2. The van der Waals surface area contributed by atoms with Gasteiger partial charge in [0, 0.05) is 0 Å². The molecular weight excluding hydrogens is 347 g/mol. The smallest absolute Gasteiger partial charge is 0.381 e. The van der Waals surface area contributed by atoms with Crippen molar-refractivity contribution in [2.24, 2.45) is 10.7 Å². The largest absolute Gasteiger partial charge is 0.416 e. The molecule has 0 spiro atoms. The van der Waals surface area contributed by atoms with Crippen LogP contribution >= 0.6 is 0 Å². The zero-order chi connectivity index (χ0) is 18.5. The van der Waals surface area contributed by atoms with Crippen LogP contribution in [0, 0.1) is 0 Å². The number of alkyl halides is 3. The molecule has 1 aromatic heterocycles. The highest BCUT2D eigenvalue weighted by atomic mass is 19.4. The Bertz CT molecular complexity index is 1030. The summed E-state index contributed by atoms with van der Waals surface area (Å²) in [6.07, 6.45) is 1.54. The minimum Gasteiger partial charge on any atom is -0.381 e. The van der Waals surface area contributed by atoms with Crippen molar-refractivity contribution in [2.75, 3.05) is 0 Å². The number of aliphatic imine (C=N–C) groups is 1. The number of nitrogens with zero attached hydrogens (tertiary/aromatic N) is 4. The lowest BCUT2D eigenvalue weighted by atomic mass is 10.0. The fraction of sp³-hybridized carbons (Fsp3) is 0.235. The Hall–Kier alpha value is -3.10. The van der Waals surface area contributed by atoms with E-state index >= 15 is 0 Å². The molecule has 6 nitrogen and oxygen atoms in total. The van der Waals surface area contributed by atoms with Crippen LogP contribution in [0.4, 0.5) is 13.2 Å². The van der Waals surface area contributed by atoms with E-state index in [4.69, 9.17) is 5.73 Å². The Morgan fingerprint density at radius 2 is 2.04 bits per heavy atom. The molecule has 0 radical (unpaired) electrons. The molecule has 2 N–H and O–H groups in total. The molecule has 0 saturated carbocycles. The molecule has 2 heterocycles. The third kappa shape index (κ3) is 2.56. The summed E-state index contributed by atoms with van der Waals surface area (Å²) in [4.78, 5) is 17.1. The minimum absolute atomic E-state index is 0.0397. The molecule has 1 atom stereocenters. The first-order chi connectivity index (χ1) is 12.4. The lowest BCUT2D eigenvalue weighted by Gasteiger charge is -2.23. The lowest BCUT2D eigenvalue weighted by molar-refractivity contribution is -0.138. The Balaban J connectivity index is 1.81. The average Bonchev–Trinajstić information content (AvgIpc) is 2.92. The van der Waals surface area contributed by atoms with Crippen LogP contribution in [0.15, 0.2) is 52.3 Å². The predicted molar refractivity (Wildman–Crippen MR) is 89.6 cm³/mol. The summed E-state index contributed by atoms with van der Waals surface area (Å²) in [5.41, 5.74) is 5.16. The van der Waals surface area contributed by atoms with Crippen molar-refractivity contribution in [1.82, 2.24) is 14.3 Å². The van der Waals surface area contributed by atoms with Gasteiger partial charge in [-0.2, -0.15) is 13.2 Å². The van der Waals surface area contributed by atoms with E-state index in [9.17, 15) is 18.0 Å². The van der Waals surface area contributed by atoms with Crippen LogP contribution in [-0.4, -0.2) is 26.2 Å². The van der Waals surface area contributed by atoms with Gasteiger partial charge >= 0.3 is 11.9 Å². The molecule has 9 heteroatoms. The van der Waals surface area contributed by atoms with Gasteiger partial charge in [0.2, 0.25) is 5.82 Å². The number of nitrogens with two attached hydrogens (primary N) is 1. The average molecular weight is 361 g/mol. The van der Waals surface area contributed by atoms with Crippen LogP contribution in [0.1, 0.15) is 23.4 Å². The van der Waals surface area contributed by atoms with Gasteiger partial charge in [-0.3, -0.25) is 4.99 Å². The van der Waals surface area contributed by atoms with E-state index in [0.29, 0.717) is 12.1 Å². The highest BCUT2D eigenvalue weighted by Gasteiger charge is 2.34. The molecule has 1 unspecified atom stereocenters. The molecular formula is C17H14F3N5O. The summed E-state index contributed by atoms with van der Waals surface area (Å²) in [5.74, 6) is 0.250. The monoisotopic (exact) mass is 361 g/mol. The minimum atomic E-state index is -4.51. The molecule has 1 aliphatic carbocycles. The van der Waals surface area contributed by atoms with Crippen molar-refractivity contribution in [1.29, 1.82) is 0 Å². The molecule has 2 aromatic rings. The van der Waals surface area contributed by atoms with Gasteiger partial charge in [0.25, 0.3) is 0 Å². The van der Waals surface area contributed by atoms with E-state index < -0.39 is 17.4 Å². The second-order valence-electron chi connectivity index (χ2n) is 6.04. The predicted octanol–water partition coefficient (Wildman–Crippen LogP) is 2.00. The molecule has 0 saturated heterocycles. The van der Waals surface area contributed by atoms with Gasteiger partial charge in [-0.15, -0.1) is 5.10 Å². The van der Waals surface area contributed by atoms with Crippen LogP contribution in [0.5, 0.6) is 0 Å². The summed E-state index contributed by atoms with van der Waals surface area (Å²) in [6, 6.07) is 4.83. The van der Waals surface area contributed by atoms with Gasteiger partial charge in [0.05, 0.1) is 23.8 Å². The normalized spacial score (nSPS) is 18.8. The zero-order valence-electron chi connectivity index (χ0n) is 13.4. The van der Waals surface area contributed by atoms with E-state index in [-0.39, 0.29) is 29.8 Å². The maximum absolute atomic E-state index is 13.2. The van der Waals surface area contributed by atoms with Gasteiger partial charge in [0.15, 0.2) is 5.84 Å². The SMILES string of the molecule is NC1=NC2CC=CC=C2n2c1nn(Cc1ccccc1C(F)(F)F)c2=O. The van der Waals surface area contributed by atoms with Crippen molar-refractivity contribution >= 4 is 11.5 Å². The second kappa shape index (κ2) is 5.72. The fourth-order valence-electron chi connectivity index (χ4n) is 3.18. The number of hydrogen-bond acceptors (Lipinski definition) is 4. The van der Waals surface area contributed by atoms with Gasteiger partial charge in [-0.25, -0.2) is 14.0 Å². The number of fused-ring (bicyclic) bond motifs is 3. The van der Waals surface area contributed by atoms with E-state index in [2.05, 4.69) is 10.1 Å². The molecule has 0 fully saturated rings. The van der Waals surface area contributed by atoms with Gasteiger partial charge in [-0.05, 0) is 24.1 Å². The van der Waals surface area contributed by atoms with E-state index in [0.717, 1.165) is 10.7 Å². The molecule has 1 aliphatic heterocycles. The molecule has 1 aromatic carbocycles.